The lowest BCUT2D eigenvalue weighted by molar-refractivity contribution is 0.0347. The van der Waals surface area contributed by atoms with Crippen LogP contribution in [0.5, 0.6) is 11.5 Å². The van der Waals surface area contributed by atoms with Crippen molar-refractivity contribution in [3.05, 3.63) is 23.8 Å². The molecule has 2 atom stereocenters. The van der Waals surface area contributed by atoms with E-state index in [9.17, 15) is 0 Å². The van der Waals surface area contributed by atoms with Gasteiger partial charge in [0, 0.05) is 19.2 Å². The summed E-state index contributed by atoms with van der Waals surface area (Å²) in [5.41, 5.74) is 1.06. The monoisotopic (exact) mass is 379 g/mol. The number of aliphatic imine (C=N–C) groups is 1. The summed E-state index contributed by atoms with van der Waals surface area (Å²) >= 11 is 0. The van der Waals surface area contributed by atoms with Gasteiger partial charge < -0.3 is 29.6 Å². The van der Waals surface area contributed by atoms with Gasteiger partial charge in [-0.2, -0.15) is 0 Å². The first kappa shape index (κ1) is 21.3. The minimum atomic E-state index is 0.151. The number of methoxy groups -OCH3 is 1. The molecule has 1 aliphatic rings. The second-order valence-electron chi connectivity index (χ2n) is 6.48. The van der Waals surface area contributed by atoms with Crippen LogP contribution in [0.15, 0.2) is 23.2 Å². The van der Waals surface area contributed by atoms with Crippen molar-refractivity contribution in [1.29, 1.82) is 0 Å². The molecule has 2 unspecified atom stereocenters. The van der Waals surface area contributed by atoms with E-state index in [-0.39, 0.29) is 12.1 Å². The van der Waals surface area contributed by atoms with Gasteiger partial charge in [0.25, 0.3) is 0 Å². The lowest BCUT2D eigenvalue weighted by atomic mass is 10.2. The van der Waals surface area contributed by atoms with Crippen LogP contribution in [-0.4, -0.2) is 58.2 Å². The highest BCUT2D eigenvalue weighted by molar-refractivity contribution is 5.80. The molecule has 0 bridgehead atoms. The van der Waals surface area contributed by atoms with Crippen LogP contribution in [0.3, 0.4) is 0 Å². The number of rotatable bonds is 10. The fourth-order valence-corrected chi connectivity index (χ4v) is 2.78. The SMILES string of the molecule is CCNC(=NCc1ccc(OC)c(OCC)c1)NC(C)COC1CCOC1. The Labute approximate surface area is 162 Å². The first-order chi connectivity index (χ1) is 13.2. The fraction of sp³-hybridized carbons (Fsp3) is 0.650. The van der Waals surface area contributed by atoms with Crippen LogP contribution < -0.4 is 20.1 Å². The Balaban J connectivity index is 1.92. The van der Waals surface area contributed by atoms with Gasteiger partial charge in [0.05, 0.1) is 39.6 Å². The van der Waals surface area contributed by atoms with Gasteiger partial charge in [-0.3, -0.25) is 0 Å². The highest BCUT2D eigenvalue weighted by atomic mass is 16.5. The summed E-state index contributed by atoms with van der Waals surface area (Å²) in [6.45, 7) is 10.1. The van der Waals surface area contributed by atoms with Gasteiger partial charge in [0.15, 0.2) is 17.5 Å². The zero-order chi connectivity index (χ0) is 19.5. The maximum atomic E-state index is 5.87. The Morgan fingerprint density at radius 1 is 1.33 bits per heavy atom. The van der Waals surface area contributed by atoms with Crippen molar-refractivity contribution in [2.24, 2.45) is 4.99 Å². The molecule has 7 heteroatoms. The molecule has 0 aromatic heterocycles. The van der Waals surface area contributed by atoms with Gasteiger partial charge in [-0.1, -0.05) is 6.07 Å². The molecule has 1 heterocycles. The minimum Gasteiger partial charge on any atom is -0.493 e. The third kappa shape index (κ3) is 7.27. The zero-order valence-electron chi connectivity index (χ0n) is 16.9. The Morgan fingerprint density at radius 3 is 2.85 bits per heavy atom. The van der Waals surface area contributed by atoms with Crippen LogP contribution >= 0.6 is 0 Å². The van der Waals surface area contributed by atoms with E-state index in [0.29, 0.717) is 26.4 Å². The molecule has 0 aliphatic carbocycles. The summed E-state index contributed by atoms with van der Waals surface area (Å²) in [6, 6.07) is 6.04. The average Bonchev–Trinajstić information content (AvgIpc) is 3.19. The molecular weight excluding hydrogens is 346 g/mol. The summed E-state index contributed by atoms with van der Waals surface area (Å²) in [7, 11) is 1.64. The van der Waals surface area contributed by atoms with Gasteiger partial charge in [0.1, 0.15) is 0 Å². The lowest BCUT2D eigenvalue weighted by Gasteiger charge is -2.19. The molecule has 2 rings (SSSR count). The molecule has 0 amide bonds. The molecule has 1 aromatic rings. The van der Waals surface area contributed by atoms with Gasteiger partial charge >= 0.3 is 0 Å². The van der Waals surface area contributed by atoms with E-state index in [1.807, 2.05) is 25.1 Å². The standard InChI is InChI=1S/C20H33N3O4/c1-5-21-20(23-15(3)13-27-17-9-10-25-14-17)22-12-16-7-8-18(24-4)19(11-16)26-6-2/h7-8,11,15,17H,5-6,9-10,12-14H2,1-4H3,(H2,21,22,23). The van der Waals surface area contributed by atoms with E-state index in [1.54, 1.807) is 7.11 Å². The Kier molecular flexibility index (Phi) is 9.21. The number of hydrogen-bond acceptors (Lipinski definition) is 5. The molecule has 152 valence electrons. The molecule has 0 saturated carbocycles. The third-order valence-corrected chi connectivity index (χ3v) is 4.14. The summed E-state index contributed by atoms with van der Waals surface area (Å²) in [6.07, 6.45) is 1.19. The first-order valence-electron chi connectivity index (χ1n) is 9.70. The maximum absolute atomic E-state index is 5.87. The molecule has 1 aliphatic heterocycles. The summed E-state index contributed by atoms with van der Waals surface area (Å²) in [4.78, 5) is 4.68. The van der Waals surface area contributed by atoms with Crippen molar-refractivity contribution in [3.8, 4) is 11.5 Å². The van der Waals surface area contributed by atoms with Crippen molar-refractivity contribution in [1.82, 2.24) is 10.6 Å². The van der Waals surface area contributed by atoms with E-state index in [2.05, 4.69) is 29.5 Å². The normalized spacial score (nSPS) is 18.2. The van der Waals surface area contributed by atoms with Crippen LogP contribution in [0.4, 0.5) is 0 Å². The van der Waals surface area contributed by atoms with E-state index in [1.165, 1.54) is 0 Å². The molecule has 27 heavy (non-hydrogen) atoms. The van der Waals surface area contributed by atoms with Crippen LogP contribution in [0.1, 0.15) is 32.8 Å². The number of ether oxygens (including phenoxy) is 4. The van der Waals surface area contributed by atoms with E-state index >= 15 is 0 Å². The first-order valence-corrected chi connectivity index (χ1v) is 9.70. The van der Waals surface area contributed by atoms with Crippen LogP contribution in [0.25, 0.3) is 0 Å². The molecule has 7 nitrogen and oxygen atoms in total. The number of guanidine groups is 1. The highest BCUT2D eigenvalue weighted by Gasteiger charge is 2.17. The third-order valence-electron chi connectivity index (χ3n) is 4.14. The maximum Gasteiger partial charge on any atom is 0.191 e. The van der Waals surface area contributed by atoms with Crippen molar-refractivity contribution in [2.45, 2.75) is 45.9 Å². The zero-order valence-corrected chi connectivity index (χ0v) is 16.9. The summed E-state index contributed by atoms with van der Waals surface area (Å²) < 4.78 is 22.2. The predicted molar refractivity (Wildman–Crippen MR) is 107 cm³/mol. The largest absolute Gasteiger partial charge is 0.493 e. The van der Waals surface area contributed by atoms with Crippen molar-refractivity contribution < 1.29 is 18.9 Å². The number of benzene rings is 1. The van der Waals surface area contributed by atoms with E-state index < -0.39 is 0 Å². The second-order valence-corrected chi connectivity index (χ2v) is 6.48. The van der Waals surface area contributed by atoms with Crippen LogP contribution in [0.2, 0.25) is 0 Å². The van der Waals surface area contributed by atoms with Crippen molar-refractivity contribution >= 4 is 5.96 Å². The van der Waals surface area contributed by atoms with E-state index in [4.69, 9.17) is 18.9 Å². The van der Waals surface area contributed by atoms with Gasteiger partial charge in [-0.15, -0.1) is 0 Å². The van der Waals surface area contributed by atoms with Crippen LogP contribution in [0, 0.1) is 0 Å². The average molecular weight is 380 g/mol. The van der Waals surface area contributed by atoms with Gasteiger partial charge in [-0.25, -0.2) is 4.99 Å². The molecule has 1 saturated heterocycles. The number of hydrogen-bond donors (Lipinski definition) is 2. The van der Waals surface area contributed by atoms with Gasteiger partial charge in [-0.05, 0) is 44.9 Å². The Morgan fingerprint density at radius 2 is 2.19 bits per heavy atom. The molecule has 0 radical (unpaired) electrons. The van der Waals surface area contributed by atoms with E-state index in [0.717, 1.165) is 42.6 Å². The molecule has 0 spiro atoms. The van der Waals surface area contributed by atoms with Crippen LogP contribution in [-0.2, 0) is 16.0 Å². The van der Waals surface area contributed by atoms with Crippen molar-refractivity contribution in [2.75, 3.05) is 40.1 Å². The summed E-state index contributed by atoms with van der Waals surface area (Å²) in [5.74, 6) is 2.24. The highest BCUT2D eigenvalue weighted by Crippen LogP contribution is 2.28. The molecule has 1 aromatic carbocycles. The Hall–Kier alpha value is -1.99. The smallest absolute Gasteiger partial charge is 0.191 e. The predicted octanol–water partition coefficient (Wildman–Crippen LogP) is 2.34. The molecule has 2 N–H and O–H groups in total. The lowest BCUT2D eigenvalue weighted by Crippen LogP contribution is -2.44. The molecule has 1 fully saturated rings. The summed E-state index contributed by atoms with van der Waals surface area (Å²) in [5, 5.41) is 6.67. The Bertz CT molecular complexity index is 589. The second kappa shape index (κ2) is 11.7. The molecular formula is C20H33N3O4. The fourth-order valence-electron chi connectivity index (χ4n) is 2.78. The van der Waals surface area contributed by atoms with Gasteiger partial charge in [0.2, 0.25) is 0 Å². The minimum absolute atomic E-state index is 0.151. The number of nitrogens with one attached hydrogen (secondary N) is 2. The quantitative estimate of drug-likeness (QED) is 0.480. The van der Waals surface area contributed by atoms with Crippen molar-refractivity contribution in [3.63, 3.8) is 0 Å². The number of nitrogens with zero attached hydrogens (tertiary/aromatic N) is 1. The topological polar surface area (TPSA) is 73.3 Å².